The van der Waals surface area contributed by atoms with Crippen molar-refractivity contribution in [2.45, 2.75) is 290 Å². The first kappa shape index (κ1) is 64.5. The molecule has 0 aliphatic heterocycles. The van der Waals surface area contributed by atoms with Crippen molar-refractivity contribution in [2.24, 2.45) is 0 Å². The average molecular weight is 961 g/mol. The molecule has 0 heterocycles. The van der Waals surface area contributed by atoms with Crippen LogP contribution in [-0.2, 0) is 47.7 Å². The van der Waals surface area contributed by atoms with Crippen LogP contribution in [0.4, 0.5) is 0 Å². The number of carboxylic acids is 1. The summed E-state index contributed by atoms with van der Waals surface area (Å²) in [4.78, 5) is 70.6. The van der Waals surface area contributed by atoms with Gasteiger partial charge in [-0.05, 0) is 96.8 Å². The van der Waals surface area contributed by atoms with Crippen LogP contribution in [0.2, 0.25) is 0 Å². The minimum atomic E-state index is -0.892. The highest BCUT2D eigenvalue weighted by Gasteiger charge is 2.15. The number of allylic oxidation sites excluding steroid dienone is 2. The van der Waals surface area contributed by atoms with E-state index in [1.165, 1.54) is 32.1 Å². The normalized spacial score (nSPS) is 12.3. The quantitative estimate of drug-likeness (QED) is 0.0267. The van der Waals surface area contributed by atoms with Gasteiger partial charge >= 0.3 is 29.8 Å². The largest absolute Gasteiger partial charge is 0.481 e. The highest BCUT2D eigenvalue weighted by Crippen LogP contribution is 2.18. The Bertz CT molecular complexity index is 1210. The third kappa shape index (κ3) is 48.9. The van der Waals surface area contributed by atoms with Gasteiger partial charge in [-0.25, -0.2) is 0 Å². The molecule has 0 saturated heterocycles. The molecule has 0 rings (SSSR count). The first-order valence-electron chi connectivity index (χ1n) is 27.8. The first-order valence-corrected chi connectivity index (χ1v) is 27.8. The maximum atomic E-state index is 12.3. The van der Waals surface area contributed by atoms with E-state index in [9.17, 15) is 28.8 Å². The lowest BCUT2D eigenvalue weighted by molar-refractivity contribution is -0.150. The lowest BCUT2D eigenvalue weighted by Crippen LogP contribution is -2.18. The van der Waals surface area contributed by atoms with Crippen LogP contribution in [0.5, 0.6) is 0 Å². The Hall–Kier alpha value is -3.50. The number of ketones is 1. The molecule has 0 aromatic rings. The van der Waals surface area contributed by atoms with Crippen LogP contribution in [0.25, 0.3) is 0 Å². The Morgan fingerprint density at radius 2 is 0.735 bits per heavy atom. The lowest BCUT2D eigenvalue weighted by Gasteiger charge is -2.16. The van der Waals surface area contributed by atoms with E-state index in [1.807, 2.05) is 0 Å². The number of hydrogen-bond donors (Lipinski definition) is 1. The Morgan fingerprint density at radius 1 is 0.382 bits per heavy atom. The number of Topliss-reactive ketones (excluding diaryl/α,β-unsaturated/α-hetero) is 1. The van der Waals surface area contributed by atoms with Gasteiger partial charge in [-0.2, -0.15) is 0 Å². The number of carbonyl (C=O) groups excluding carboxylic acids is 5. The first-order chi connectivity index (χ1) is 33.1. The maximum absolute atomic E-state index is 12.3. The van der Waals surface area contributed by atoms with E-state index in [0.29, 0.717) is 58.2 Å². The van der Waals surface area contributed by atoms with E-state index in [2.05, 4.69) is 38.2 Å². The van der Waals surface area contributed by atoms with Gasteiger partial charge in [-0.1, -0.05) is 154 Å². The van der Waals surface area contributed by atoms with E-state index in [1.54, 1.807) is 6.92 Å². The molecule has 0 aromatic carbocycles. The average Bonchev–Trinajstić information content (AvgIpc) is 3.30. The molecule has 0 spiro atoms. The fourth-order valence-electron chi connectivity index (χ4n) is 8.04. The molecule has 1 N–H and O–H groups in total. The number of aliphatic carboxylic acids is 1. The van der Waals surface area contributed by atoms with E-state index in [0.717, 1.165) is 167 Å². The minimum absolute atomic E-state index is 0.0156. The predicted octanol–water partition coefficient (Wildman–Crippen LogP) is 15.3. The third-order valence-electron chi connectivity index (χ3n) is 12.2. The summed E-state index contributed by atoms with van der Waals surface area (Å²) >= 11 is 0. The van der Waals surface area contributed by atoms with E-state index >= 15 is 0 Å². The number of rotatable bonds is 51. The van der Waals surface area contributed by atoms with Crippen LogP contribution in [0, 0.1) is 0 Å². The molecule has 0 fully saturated rings. The standard InChI is InChI=1S/C57H100O11/c1-4-6-8-28-39-51(67-56(63)46-36-38-50(3)58)41-30-22-16-10-12-18-24-32-44-54(61)65-48-34-26-20-14-15-21-27-35-49-66-55(62)45-33-25-19-13-11-17-23-31-42-52(40-29-9-7-5-2)68-57(64)47-37-43-53(59)60/h22-23,30-31,51-52H,4-21,24-29,32-49H2,1-3H3,(H,59,60)/b30-22-,31-23-/t51-,52-/m1/s1. The summed E-state index contributed by atoms with van der Waals surface area (Å²) in [6.07, 6.45) is 44.4. The van der Waals surface area contributed by atoms with Crippen molar-refractivity contribution < 1.29 is 52.8 Å². The summed E-state index contributed by atoms with van der Waals surface area (Å²) in [5, 5.41) is 8.80. The molecule has 68 heavy (non-hydrogen) atoms. The van der Waals surface area contributed by atoms with Gasteiger partial charge in [-0.3, -0.25) is 24.0 Å². The third-order valence-corrected chi connectivity index (χ3v) is 12.2. The summed E-state index contributed by atoms with van der Waals surface area (Å²) in [5.74, 6) is -1.46. The summed E-state index contributed by atoms with van der Waals surface area (Å²) in [7, 11) is 0. The zero-order chi connectivity index (χ0) is 50.0. The highest BCUT2D eigenvalue weighted by atomic mass is 16.6. The van der Waals surface area contributed by atoms with E-state index in [4.69, 9.17) is 24.1 Å². The predicted molar refractivity (Wildman–Crippen MR) is 274 cm³/mol. The van der Waals surface area contributed by atoms with Gasteiger partial charge in [0.1, 0.15) is 18.0 Å². The number of esters is 4. The SMILES string of the molecule is CCCCCC[C@H](C/C=C\CCCCCCCC(=O)OCCCCCCCCCCOC(=O)CCCCCCC/C=C\C[C@@H](CCCCCC)OC(=O)CCCC(=O)O)OC(=O)CCCC(C)=O. The maximum Gasteiger partial charge on any atom is 0.306 e. The molecule has 11 heteroatoms. The number of unbranched alkanes of at least 4 members (excludes halogenated alkanes) is 23. The van der Waals surface area contributed by atoms with Crippen molar-refractivity contribution in [3.63, 3.8) is 0 Å². The van der Waals surface area contributed by atoms with E-state index in [-0.39, 0.29) is 54.7 Å². The number of hydrogen-bond acceptors (Lipinski definition) is 10. The molecule has 0 aliphatic carbocycles. The molecule has 0 amide bonds. The summed E-state index contributed by atoms with van der Waals surface area (Å²) in [5.41, 5.74) is 0. The van der Waals surface area contributed by atoms with Crippen molar-refractivity contribution in [1.29, 1.82) is 0 Å². The van der Waals surface area contributed by atoms with Gasteiger partial charge in [0, 0.05) is 51.4 Å². The van der Waals surface area contributed by atoms with Gasteiger partial charge in [0.2, 0.25) is 0 Å². The topological polar surface area (TPSA) is 160 Å². The summed E-state index contributed by atoms with van der Waals surface area (Å²) < 4.78 is 22.3. The van der Waals surface area contributed by atoms with Gasteiger partial charge in [0.25, 0.3) is 0 Å². The molecule has 0 bridgehead atoms. The second kappa shape index (κ2) is 49.9. The van der Waals surface area contributed by atoms with Gasteiger partial charge in [0.05, 0.1) is 13.2 Å². The zero-order valence-electron chi connectivity index (χ0n) is 43.7. The van der Waals surface area contributed by atoms with Gasteiger partial charge < -0.3 is 28.8 Å². The van der Waals surface area contributed by atoms with Crippen molar-refractivity contribution in [3.8, 4) is 0 Å². The lowest BCUT2D eigenvalue weighted by atomic mass is 10.1. The second-order valence-corrected chi connectivity index (χ2v) is 19.0. The smallest absolute Gasteiger partial charge is 0.306 e. The molecule has 2 atom stereocenters. The number of carboxylic acid groups (broad SMARTS) is 1. The van der Waals surface area contributed by atoms with Crippen LogP contribution in [0.15, 0.2) is 24.3 Å². The Balaban J connectivity index is 3.73. The van der Waals surface area contributed by atoms with Crippen molar-refractivity contribution >= 4 is 35.6 Å². The van der Waals surface area contributed by atoms with Crippen LogP contribution >= 0.6 is 0 Å². The van der Waals surface area contributed by atoms with Crippen LogP contribution in [0.1, 0.15) is 278 Å². The van der Waals surface area contributed by atoms with Crippen LogP contribution in [0.3, 0.4) is 0 Å². The molecule has 0 aliphatic rings. The van der Waals surface area contributed by atoms with Crippen LogP contribution < -0.4 is 0 Å². The fraction of sp³-hybridized carbons (Fsp3) is 0.825. The Morgan fingerprint density at radius 3 is 1.13 bits per heavy atom. The molecule has 0 radical (unpaired) electrons. The fourth-order valence-corrected chi connectivity index (χ4v) is 8.04. The molecular weight excluding hydrogens is 861 g/mol. The van der Waals surface area contributed by atoms with Gasteiger partial charge in [0.15, 0.2) is 0 Å². The second-order valence-electron chi connectivity index (χ2n) is 19.0. The highest BCUT2D eigenvalue weighted by molar-refractivity contribution is 5.76. The van der Waals surface area contributed by atoms with Crippen molar-refractivity contribution in [2.75, 3.05) is 13.2 Å². The summed E-state index contributed by atoms with van der Waals surface area (Å²) in [6, 6.07) is 0. The molecular formula is C57H100O11. The monoisotopic (exact) mass is 961 g/mol. The van der Waals surface area contributed by atoms with E-state index < -0.39 is 5.97 Å². The Kier molecular flexibility index (Phi) is 47.3. The molecule has 0 unspecified atom stereocenters. The number of ether oxygens (including phenoxy) is 4. The molecule has 0 aromatic heterocycles. The number of carbonyl (C=O) groups is 6. The molecule has 11 nitrogen and oxygen atoms in total. The van der Waals surface area contributed by atoms with Crippen molar-refractivity contribution in [3.05, 3.63) is 24.3 Å². The molecule has 0 saturated carbocycles. The summed E-state index contributed by atoms with van der Waals surface area (Å²) in [6.45, 7) is 6.93. The Labute approximate surface area is 414 Å². The van der Waals surface area contributed by atoms with Gasteiger partial charge in [-0.15, -0.1) is 0 Å². The molecule has 394 valence electrons. The zero-order valence-corrected chi connectivity index (χ0v) is 43.7. The van der Waals surface area contributed by atoms with Crippen molar-refractivity contribution in [1.82, 2.24) is 0 Å². The van der Waals surface area contributed by atoms with Crippen LogP contribution in [-0.4, -0.2) is 66.2 Å². The minimum Gasteiger partial charge on any atom is -0.481 e.